The third-order valence-electron chi connectivity index (χ3n) is 3.85. The summed E-state index contributed by atoms with van der Waals surface area (Å²) in [5.41, 5.74) is 4.24. The summed E-state index contributed by atoms with van der Waals surface area (Å²) in [6.45, 7) is 8.26. The fraction of sp³-hybridized carbons (Fsp3) is 0.438. The zero-order valence-electron chi connectivity index (χ0n) is 13.2. The highest BCUT2D eigenvalue weighted by molar-refractivity contribution is 5.93. The van der Waals surface area contributed by atoms with Crippen molar-refractivity contribution in [3.05, 3.63) is 40.7 Å². The molecule has 0 bridgehead atoms. The average molecular weight is 300 g/mol. The van der Waals surface area contributed by atoms with Gasteiger partial charge in [0.1, 0.15) is 0 Å². The number of hydrogen-bond acceptors (Lipinski definition) is 4. The highest BCUT2D eigenvalue weighted by Gasteiger charge is 2.24. The molecule has 1 saturated heterocycles. The van der Waals surface area contributed by atoms with Crippen LogP contribution in [-0.2, 0) is 4.74 Å². The lowest BCUT2D eigenvalue weighted by Crippen LogP contribution is -2.41. The largest absolute Gasteiger partial charge is 0.378 e. The molecule has 2 aromatic rings. The van der Waals surface area contributed by atoms with E-state index in [-0.39, 0.29) is 5.91 Å². The number of carbonyl (C=O) groups excluding carboxylic acids is 1. The van der Waals surface area contributed by atoms with Crippen molar-refractivity contribution in [2.24, 2.45) is 0 Å². The summed E-state index contributed by atoms with van der Waals surface area (Å²) in [7, 11) is 0. The van der Waals surface area contributed by atoms with Crippen LogP contribution in [0.2, 0.25) is 0 Å². The van der Waals surface area contributed by atoms with Crippen LogP contribution in [0.3, 0.4) is 0 Å². The first-order valence-electron chi connectivity index (χ1n) is 7.45. The molecule has 0 atom stereocenters. The van der Waals surface area contributed by atoms with Crippen LogP contribution in [0.1, 0.15) is 27.3 Å². The molecule has 0 saturated carbocycles. The molecule has 2 heterocycles. The van der Waals surface area contributed by atoms with E-state index >= 15 is 0 Å². The van der Waals surface area contributed by atoms with E-state index in [4.69, 9.17) is 4.74 Å². The van der Waals surface area contributed by atoms with Crippen LogP contribution >= 0.6 is 0 Å². The van der Waals surface area contributed by atoms with E-state index in [1.807, 2.05) is 32.9 Å². The molecule has 1 aromatic carbocycles. The van der Waals surface area contributed by atoms with Crippen molar-refractivity contribution < 1.29 is 9.53 Å². The number of aryl methyl sites for hydroxylation is 3. The maximum atomic E-state index is 12.6. The molecular weight excluding hydrogens is 280 g/mol. The Bertz CT molecular complexity index is 702. The Morgan fingerprint density at radius 2 is 1.86 bits per heavy atom. The van der Waals surface area contributed by atoms with Crippen molar-refractivity contribution >= 4 is 5.91 Å². The van der Waals surface area contributed by atoms with Crippen molar-refractivity contribution in [1.82, 2.24) is 19.9 Å². The Balaban J connectivity index is 1.91. The van der Waals surface area contributed by atoms with Gasteiger partial charge in [-0.3, -0.25) is 4.79 Å². The Kier molecular flexibility index (Phi) is 3.94. The lowest BCUT2D eigenvalue weighted by molar-refractivity contribution is 0.0298. The van der Waals surface area contributed by atoms with E-state index < -0.39 is 0 Å². The Morgan fingerprint density at radius 3 is 2.55 bits per heavy atom. The molecule has 1 aromatic heterocycles. The van der Waals surface area contributed by atoms with Gasteiger partial charge in [0, 0.05) is 13.1 Å². The molecule has 3 rings (SSSR count). The second-order valence-electron chi connectivity index (χ2n) is 5.62. The third kappa shape index (κ3) is 2.74. The minimum atomic E-state index is -0.0724. The van der Waals surface area contributed by atoms with Crippen molar-refractivity contribution in [2.75, 3.05) is 26.3 Å². The number of aromatic nitrogens is 3. The zero-order chi connectivity index (χ0) is 15.7. The maximum Gasteiger partial charge on any atom is 0.276 e. The molecule has 0 unspecified atom stereocenters. The first-order valence-corrected chi connectivity index (χ1v) is 7.45. The van der Waals surface area contributed by atoms with Gasteiger partial charge in [0.2, 0.25) is 0 Å². The topological polar surface area (TPSA) is 60.2 Å². The molecule has 0 N–H and O–H groups in total. The molecule has 116 valence electrons. The molecule has 0 aliphatic carbocycles. The smallest absolute Gasteiger partial charge is 0.276 e. The SMILES string of the molecule is Cc1ccc(-n2nc(C)c(C(=O)N3CCOCC3)n2)c(C)c1. The number of morpholine rings is 1. The second-order valence-corrected chi connectivity index (χ2v) is 5.62. The van der Waals surface area contributed by atoms with Crippen LogP contribution in [-0.4, -0.2) is 52.1 Å². The quantitative estimate of drug-likeness (QED) is 0.846. The molecule has 1 aliphatic rings. The molecule has 22 heavy (non-hydrogen) atoms. The number of nitrogens with zero attached hydrogens (tertiary/aromatic N) is 4. The van der Waals surface area contributed by atoms with Crippen molar-refractivity contribution in [1.29, 1.82) is 0 Å². The lowest BCUT2D eigenvalue weighted by atomic mass is 10.1. The maximum absolute atomic E-state index is 12.6. The van der Waals surface area contributed by atoms with E-state index in [9.17, 15) is 4.79 Å². The fourth-order valence-corrected chi connectivity index (χ4v) is 2.63. The highest BCUT2D eigenvalue weighted by atomic mass is 16.5. The standard InChI is InChI=1S/C16H20N4O2/c1-11-4-5-14(12(2)10-11)20-17-13(3)15(18-20)16(21)19-6-8-22-9-7-19/h4-5,10H,6-9H2,1-3H3. The van der Waals surface area contributed by atoms with Gasteiger partial charge in [-0.15, -0.1) is 5.10 Å². The van der Waals surface area contributed by atoms with Gasteiger partial charge >= 0.3 is 0 Å². The molecule has 1 amide bonds. The summed E-state index contributed by atoms with van der Waals surface area (Å²) < 4.78 is 5.28. The van der Waals surface area contributed by atoms with E-state index in [0.29, 0.717) is 37.7 Å². The fourth-order valence-electron chi connectivity index (χ4n) is 2.63. The number of hydrogen-bond donors (Lipinski definition) is 0. The monoisotopic (exact) mass is 300 g/mol. The Labute approximate surface area is 129 Å². The van der Waals surface area contributed by atoms with E-state index in [1.54, 1.807) is 9.70 Å². The minimum Gasteiger partial charge on any atom is -0.378 e. The van der Waals surface area contributed by atoms with Crippen molar-refractivity contribution in [3.8, 4) is 5.69 Å². The first-order chi connectivity index (χ1) is 10.6. The number of ether oxygens (including phenoxy) is 1. The van der Waals surface area contributed by atoms with E-state index in [0.717, 1.165) is 11.3 Å². The van der Waals surface area contributed by atoms with Crippen LogP contribution in [0.15, 0.2) is 18.2 Å². The summed E-state index contributed by atoms with van der Waals surface area (Å²) in [6, 6.07) is 6.08. The average Bonchev–Trinajstić information content (AvgIpc) is 2.89. The summed E-state index contributed by atoms with van der Waals surface area (Å²) in [6.07, 6.45) is 0. The van der Waals surface area contributed by atoms with Gasteiger partial charge in [0.15, 0.2) is 5.69 Å². The van der Waals surface area contributed by atoms with Crippen LogP contribution in [0.25, 0.3) is 5.69 Å². The van der Waals surface area contributed by atoms with Gasteiger partial charge in [0.05, 0.1) is 24.6 Å². The van der Waals surface area contributed by atoms with Crippen LogP contribution < -0.4 is 0 Å². The number of amides is 1. The first kappa shape index (κ1) is 14.7. The number of benzene rings is 1. The Hall–Kier alpha value is -2.21. The molecule has 0 spiro atoms. The summed E-state index contributed by atoms with van der Waals surface area (Å²) >= 11 is 0. The van der Waals surface area contributed by atoms with Gasteiger partial charge in [-0.2, -0.15) is 9.90 Å². The molecule has 1 aliphatic heterocycles. The van der Waals surface area contributed by atoms with Crippen LogP contribution in [0, 0.1) is 20.8 Å². The Morgan fingerprint density at radius 1 is 1.14 bits per heavy atom. The highest BCUT2D eigenvalue weighted by Crippen LogP contribution is 2.16. The normalized spacial score (nSPS) is 15.1. The van der Waals surface area contributed by atoms with Crippen molar-refractivity contribution in [2.45, 2.75) is 20.8 Å². The second kappa shape index (κ2) is 5.88. The molecule has 6 heteroatoms. The summed E-state index contributed by atoms with van der Waals surface area (Å²) in [5.74, 6) is -0.0724. The molecular formula is C16H20N4O2. The van der Waals surface area contributed by atoms with Crippen LogP contribution in [0.5, 0.6) is 0 Å². The van der Waals surface area contributed by atoms with Crippen molar-refractivity contribution in [3.63, 3.8) is 0 Å². The van der Waals surface area contributed by atoms with Gasteiger partial charge < -0.3 is 9.64 Å². The van der Waals surface area contributed by atoms with Gasteiger partial charge in [-0.25, -0.2) is 0 Å². The number of rotatable bonds is 2. The van der Waals surface area contributed by atoms with E-state index in [2.05, 4.69) is 16.3 Å². The van der Waals surface area contributed by atoms with E-state index in [1.165, 1.54) is 5.56 Å². The summed E-state index contributed by atoms with van der Waals surface area (Å²) in [5, 5.41) is 8.83. The zero-order valence-corrected chi connectivity index (χ0v) is 13.2. The van der Waals surface area contributed by atoms with Crippen LogP contribution in [0.4, 0.5) is 0 Å². The lowest BCUT2D eigenvalue weighted by Gasteiger charge is -2.26. The molecule has 1 fully saturated rings. The van der Waals surface area contributed by atoms with Gasteiger partial charge in [-0.1, -0.05) is 17.7 Å². The van der Waals surface area contributed by atoms with Gasteiger partial charge in [0.25, 0.3) is 5.91 Å². The predicted molar refractivity (Wildman–Crippen MR) is 82.3 cm³/mol. The van der Waals surface area contributed by atoms with Gasteiger partial charge in [-0.05, 0) is 32.4 Å². The minimum absolute atomic E-state index is 0.0724. The predicted octanol–water partition coefficient (Wildman–Crippen LogP) is 1.66. The summed E-state index contributed by atoms with van der Waals surface area (Å²) in [4.78, 5) is 15.9. The molecule has 0 radical (unpaired) electrons. The number of carbonyl (C=O) groups is 1. The molecule has 6 nitrogen and oxygen atoms in total. The third-order valence-corrected chi connectivity index (χ3v) is 3.85.